The van der Waals surface area contributed by atoms with E-state index < -0.39 is 0 Å². The van der Waals surface area contributed by atoms with Crippen molar-refractivity contribution in [2.24, 2.45) is 0 Å². The average molecular weight is 735 g/mol. The Morgan fingerprint density at radius 2 is 0.531 bits per heavy atom. The van der Waals surface area contributed by atoms with E-state index in [1.807, 2.05) is 0 Å². The topological polar surface area (TPSA) is 0 Å². The van der Waals surface area contributed by atoms with Gasteiger partial charge in [0.1, 0.15) is 0 Å². The van der Waals surface area contributed by atoms with E-state index >= 15 is 0 Å². The van der Waals surface area contributed by atoms with E-state index in [-0.39, 0.29) is 0 Å². The zero-order valence-corrected chi connectivity index (χ0v) is 36.3. The van der Waals surface area contributed by atoms with Gasteiger partial charge in [-0.05, 0) is 61.1 Å². The molecule has 0 unspecified atom stereocenters. The summed E-state index contributed by atoms with van der Waals surface area (Å²) in [6, 6.07) is 5.02. The largest absolute Gasteiger partial charge is 0.125 e. The van der Waals surface area contributed by atoms with Crippen molar-refractivity contribution in [3.05, 3.63) is 17.7 Å². The number of thioether (sulfide) groups is 3. The minimum atomic E-state index is 1.29. The molecule has 0 N–H and O–H groups in total. The predicted octanol–water partition coefficient (Wildman–Crippen LogP) is 18.2. The fourth-order valence-corrected chi connectivity index (χ4v) is 10.8. The molecule has 0 heterocycles. The van der Waals surface area contributed by atoms with Crippen LogP contribution in [-0.4, -0.2) is 17.3 Å². The van der Waals surface area contributed by atoms with Crippen LogP contribution in [0.3, 0.4) is 0 Å². The van der Waals surface area contributed by atoms with Gasteiger partial charge in [-0.1, -0.05) is 213 Å². The average Bonchev–Trinajstić information content (AvgIpc) is 3.10. The highest BCUT2D eigenvalue weighted by molar-refractivity contribution is 8.03. The van der Waals surface area contributed by atoms with Crippen LogP contribution in [0.5, 0.6) is 0 Å². The lowest BCUT2D eigenvalue weighted by Gasteiger charge is -2.16. The van der Waals surface area contributed by atoms with Gasteiger partial charge in [-0.15, -0.1) is 35.3 Å². The molecule has 0 saturated carbocycles. The Labute approximate surface area is 322 Å². The summed E-state index contributed by atoms with van der Waals surface area (Å²) in [6.45, 7) is 9.28. The molecule has 49 heavy (non-hydrogen) atoms. The molecule has 0 atom stereocenters. The van der Waals surface area contributed by atoms with Crippen LogP contribution in [0.25, 0.3) is 0 Å². The first-order valence-electron chi connectivity index (χ1n) is 22.3. The smallest absolute Gasteiger partial charge is 0.0344 e. The molecule has 0 saturated heterocycles. The van der Waals surface area contributed by atoms with E-state index in [4.69, 9.17) is 0 Å². The molecule has 1 rings (SSSR count). The molecule has 0 spiro atoms. The molecule has 1 aromatic carbocycles. The maximum absolute atomic E-state index is 2.51. The molecule has 0 amide bonds. The summed E-state index contributed by atoms with van der Waals surface area (Å²) in [5.74, 6) is 3.86. The van der Waals surface area contributed by atoms with Crippen LogP contribution in [0, 0.1) is 6.92 Å². The number of aryl methyl sites for hydroxylation is 1. The van der Waals surface area contributed by atoms with Crippen LogP contribution in [0.1, 0.15) is 238 Å². The highest BCUT2D eigenvalue weighted by atomic mass is 32.2. The Bertz CT molecular complexity index is 757. The van der Waals surface area contributed by atoms with Crippen molar-refractivity contribution in [3.63, 3.8) is 0 Å². The third-order valence-electron chi connectivity index (χ3n) is 10.2. The zero-order chi connectivity index (χ0) is 35.3. The van der Waals surface area contributed by atoms with Gasteiger partial charge in [-0.25, -0.2) is 0 Å². The van der Waals surface area contributed by atoms with Crippen molar-refractivity contribution >= 4 is 35.3 Å². The van der Waals surface area contributed by atoms with Crippen LogP contribution in [0.2, 0.25) is 0 Å². The van der Waals surface area contributed by atoms with Gasteiger partial charge in [0.25, 0.3) is 0 Å². The fourth-order valence-electron chi connectivity index (χ4n) is 6.90. The fraction of sp³-hybridized carbons (Fsp3) is 0.870. The Balaban J connectivity index is 2.44. The summed E-state index contributed by atoms with van der Waals surface area (Å²) in [5, 5.41) is 0. The van der Waals surface area contributed by atoms with Crippen molar-refractivity contribution in [2.45, 2.75) is 254 Å². The van der Waals surface area contributed by atoms with Crippen LogP contribution in [0.4, 0.5) is 0 Å². The molecule has 3 heteroatoms. The molecule has 0 nitrogen and oxygen atoms in total. The van der Waals surface area contributed by atoms with Gasteiger partial charge < -0.3 is 0 Å². The molecule has 0 fully saturated rings. The molecule has 0 bridgehead atoms. The maximum atomic E-state index is 2.51. The summed E-state index contributed by atoms with van der Waals surface area (Å²) in [5.41, 5.74) is 1.46. The highest BCUT2D eigenvalue weighted by Crippen LogP contribution is 2.41. The first kappa shape index (κ1) is 47.3. The maximum Gasteiger partial charge on any atom is 0.0344 e. The van der Waals surface area contributed by atoms with Crippen molar-refractivity contribution < 1.29 is 0 Å². The normalized spacial score (nSPS) is 11.6. The second-order valence-corrected chi connectivity index (χ2v) is 18.6. The van der Waals surface area contributed by atoms with Gasteiger partial charge >= 0.3 is 0 Å². The molecular weight excluding hydrogens is 649 g/mol. The molecule has 0 radical (unpaired) electrons. The molecule has 0 aliphatic carbocycles. The van der Waals surface area contributed by atoms with E-state index in [0.29, 0.717) is 0 Å². The lowest BCUT2D eigenvalue weighted by molar-refractivity contribution is 0.555. The standard InChI is InChI=1S/C46H86S3/c1-5-8-11-14-17-20-23-26-29-32-35-38-47-44-41-43(4)42-45(48-39-36-33-30-27-24-21-18-15-12-9-6-2)46(44)49-40-37-34-31-28-25-22-19-16-13-10-7-3/h41-42H,5-40H2,1-4H3. The number of benzene rings is 1. The summed E-state index contributed by atoms with van der Waals surface area (Å²) < 4.78 is 0. The minimum absolute atomic E-state index is 1.29. The Kier molecular flexibility index (Phi) is 36.7. The van der Waals surface area contributed by atoms with Gasteiger partial charge in [0, 0.05) is 14.7 Å². The van der Waals surface area contributed by atoms with E-state index in [9.17, 15) is 0 Å². The van der Waals surface area contributed by atoms with Crippen molar-refractivity contribution in [1.82, 2.24) is 0 Å². The summed E-state index contributed by atoms with van der Waals surface area (Å²) >= 11 is 6.52. The number of hydrogen-bond acceptors (Lipinski definition) is 3. The third-order valence-corrected chi connectivity index (χ3v) is 13.9. The number of rotatable bonds is 39. The summed E-state index contributed by atoms with van der Waals surface area (Å²) in [6.07, 6.45) is 47.2. The summed E-state index contributed by atoms with van der Waals surface area (Å²) in [7, 11) is 0. The first-order valence-corrected chi connectivity index (χ1v) is 25.2. The van der Waals surface area contributed by atoms with E-state index in [1.165, 1.54) is 235 Å². The summed E-state index contributed by atoms with van der Waals surface area (Å²) in [4.78, 5) is 4.79. The quantitative estimate of drug-likeness (QED) is 0.0488. The van der Waals surface area contributed by atoms with E-state index in [2.05, 4.69) is 75.1 Å². The lowest BCUT2D eigenvalue weighted by atomic mass is 10.1. The Morgan fingerprint density at radius 3 is 0.796 bits per heavy atom. The second kappa shape index (κ2) is 38.0. The molecule has 0 aliphatic rings. The van der Waals surface area contributed by atoms with Crippen molar-refractivity contribution in [2.75, 3.05) is 17.3 Å². The first-order chi connectivity index (χ1) is 24.2. The Morgan fingerprint density at radius 1 is 0.306 bits per heavy atom. The predicted molar refractivity (Wildman–Crippen MR) is 233 cm³/mol. The molecule has 288 valence electrons. The van der Waals surface area contributed by atoms with Gasteiger partial charge in [-0.2, -0.15) is 0 Å². The minimum Gasteiger partial charge on any atom is -0.125 e. The van der Waals surface area contributed by atoms with Crippen LogP contribution < -0.4 is 0 Å². The Hall–Kier alpha value is 0.270. The molecule has 0 aromatic heterocycles. The SMILES string of the molecule is CCCCCCCCCCCCCSc1cc(C)cc(SCCCCCCCCCCCCC)c1SCCCCCCCCCCCCC. The van der Waals surface area contributed by atoms with E-state index in [0.717, 1.165) is 0 Å². The molecular formula is C46H86S3. The molecule has 1 aromatic rings. The van der Waals surface area contributed by atoms with Gasteiger partial charge in [0.15, 0.2) is 0 Å². The van der Waals surface area contributed by atoms with Crippen molar-refractivity contribution in [1.29, 1.82) is 0 Å². The highest BCUT2D eigenvalue weighted by Gasteiger charge is 2.12. The van der Waals surface area contributed by atoms with Crippen LogP contribution in [0.15, 0.2) is 26.8 Å². The molecule has 0 aliphatic heterocycles. The lowest BCUT2D eigenvalue weighted by Crippen LogP contribution is -1.92. The van der Waals surface area contributed by atoms with Crippen LogP contribution in [-0.2, 0) is 0 Å². The monoisotopic (exact) mass is 735 g/mol. The third kappa shape index (κ3) is 30.4. The number of hydrogen-bond donors (Lipinski definition) is 0. The second-order valence-electron chi connectivity index (χ2n) is 15.2. The zero-order valence-electron chi connectivity index (χ0n) is 33.8. The van der Waals surface area contributed by atoms with Gasteiger partial charge in [0.2, 0.25) is 0 Å². The van der Waals surface area contributed by atoms with Crippen molar-refractivity contribution in [3.8, 4) is 0 Å². The number of unbranched alkanes of at least 4 members (excludes halogenated alkanes) is 30. The van der Waals surface area contributed by atoms with Gasteiger partial charge in [-0.3, -0.25) is 0 Å². The van der Waals surface area contributed by atoms with Crippen LogP contribution >= 0.6 is 35.3 Å². The van der Waals surface area contributed by atoms with Gasteiger partial charge in [0.05, 0.1) is 0 Å². The van der Waals surface area contributed by atoms with E-state index in [1.54, 1.807) is 14.7 Å².